The molecule has 1 aromatic carbocycles. The third-order valence-electron chi connectivity index (χ3n) is 4.73. The van der Waals surface area contributed by atoms with Gasteiger partial charge in [-0.15, -0.1) is 0 Å². The molecule has 1 saturated heterocycles. The molecule has 0 radical (unpaired) electrons. The Kier molecular flexibility index (Phi) is 9.07. The van der Waals surface area contributed by atoms with E-state index >= 15 is 0 Å². The van der Waals surface area contributed by atoms with Gasteiger partial charge in [-0.3, -0.25) is 9.69 Å². The Labute approximate surface area is 168 Å². The summed E-state index contributed by atoms with van der Waals surface area (Å²) in [5, 5.41) is 2.99. The highest BCUT2D eigenvalue weighted by Gasteiger charge is 2.23. The van der Waals surface area contributed by atoms with Gasteiger partial charge in [0.25, 0.3) is 0 Å². The van der Waals surface area contributed by atoms with Crippen LogP contribution in [0.15, 0.2) is 30.3 Å². The van der Waals surface area contributed by atoms with Crippen molar-refractivity contribution in [3.05, 3.63) is 30.3 Å². The Balaban J connectivity index is 1.57. The van der Waals surface area contributed by atoms with Crippen molar-refractivity contribution in [3.8, 4) is 0 Å². The first kappa shape index (κ1) is 22.0. The number of para-hydroxylation sites is 1. The largest absolute Gasteiger partial charge is 0.449 e. The molecule has 1 N–H and O–H groups in total. The molecule has 1 aliphatic rings. The van der Waals surface area contributed by atoms with Crippen molar-refractivity contribution in [2.24, 2.45) is 5.92 Å². The van der Waals surface area contributed by atoms with Crippen molar-refractivity contribution in [1.82, 2.24) is 15.1 Å². The maximum absolute atomic E-state index is 12.1. The van der Waals surface area contributed by atoms with Crippen LogP contribution < -0.4 is 10.2 Å². The van der Waals surface area contributed by atoms with E-state index in [1.165, 1.54) is 5.69 Å². The van der Waals surface area contributed by atoms with Crippen molar-refractivity contribution in [2.75, 3.05) is 64.4 Å². The van der Waals surface area contributed by atoms with Crippen LogP contribution in [0.2, 0.25) is 0 Å². The van der Waals surface area contributed by atoms with Crippen LogP contribution in [0.1, 0.15) is 20.3 Å². The van der Waals surface area contributed by atoms with Gasteiger partial charge >= 0.3 is 6.09 Å². The van der Waals surface area contributed by atoms with Crippen molar-refractivity contribution in [1.29, 1.82) is 0 Å². The van der Waals surface area contributed by atoms with Crippen molar-refractivity contribution in [3.63, 3.8) is 0 Å². The number of nitrogens with one attached hydrogen (secondary N) is 1. The molecule has 1 fully saturated rings. The molecule has 0 unspecified atom stereocenters. The van der Waals surface area contributed by atoms with Crippen LogP contribution in [0.25, 0.3) is 0 Å². The molecular weight excluding hydrogens is 356 g/mol. The smallest absolute Gasteiger partial charge is 0.409 e. The number of hydrogen-bond acceptors (Lipinski definition) is 5. The van der Waals surface area contributed by atoms with Crippen LogP contribution in [-0.2, 0) is 9.53 Å². The number of carbonyl (C=O) groups is 2. The number of rotatable bonds is 9. The summed E-state index contributed by atoms with van der Waals surface area (Å²) in [6, 6.07) is 10.2. The van der Waals surface area contributed by atoms with Gasteiger partial charge < -0.3 is 19.9 Å². The van der Waals surface area contributed by atoms with Gasteiger partial charge in [0.1, 0.15) is 0 Å². The number of piperazine rings is 1. The summed E-state index contributed by atoms with van der Waals surface area (Å²) in [6.45, 7) is 9.01. The van der Waals surface area contributed by atoms with Crippen LogP contribution in [0, 0.1) is 5.92 Å². The Morgan fingerprint density at radius 1 is 1.14 bits per heavy atom. The fraction of sp³-hybridized carbons (Fsp3) is 0.619. The first-order valence-electron chi connectivity index (χ1n) is 10.1. The third-order valence-corrected chi connectivity index (χ3v) is 4.73. The molecule has 0 aromatic heterocycles. The van der Waals surface area contributed by atoms with E-state index in [4.69, 9.17) is 4.74 Å². The molecule has 2 amide bonds. The number of nitrogens with zero attached hydrogens (tertiary/aromatic N) is 3. The minimum Gasteiger partial charge on any atom is -0.449 e. The molecule has 7 heteroatoms. The summed E-state index contributed by atoms with van der Waals surface area (Å²) in [6.07, 6.45) is 0.646. The first-order valence-corrected chi connectivity index (χ1v) is 10.1. The molecule has 0 saturated carbocycles. The molecule has 156 valence electrons. The average molecular weight is 391 g/mol. The summed E-state index contributed by atoms with van der Waals surface area (Å²) in [7, 11) is 2.06. The van der Waals surface area contributed by atoms with Gasteiger partial charge in [-0.2, -0.15) is 0 Å². The fourth-order valence-corrected chi connectivity index (χ4v) is 3.03. The molecule has 1 aliphatic heterocycles. The van der Waals surface area contributed by atoms with Gasteiger partial charge in [0.2, 0.25) is 5.91 Å². The molecule has 0 atom stereocenters. The van der Waals surface area contributed by atoms with E-state index in [2.05, 4.69) is 34.3 Å². The Bertz CT molecular complexity index is 601. The minimum atomic E-state index is -0.250. The van der Waals surface area contributed by atoms with Crippen molar-refractivity contribution < 1.29 is 14.3 Å². The number of benzene rings is 1. The lowest BCUT2D eigenvalue weighted by molar-refractivity contribution is -0.122. The second-order valence-corrected chi connectivity index (χ2v) is 7.69. The number of ether oxygens (including phenoxy) is 1. The molecule has 1 heterocycles. The van der Waals surface area contributed by atoms with E-state index in [0.717, 1.165) is 13.0 Å². The Morgan fingerprint density at radius 3 is 2.46 bits per heavy atom. The summed E-state index contributed by atoms with van der Waals surface area (Å²) in [5.41, 5.74) is 1.18. The average Bonchev–Trinajstić information content (AvgIpc) is 2.70. The minimum absolute atomic E-state index is 0.0400. The van der Waals surface area contributed by atoms with E-state index < -0.39 is 0 Å². The van der Waals surface area contributed by atoms with Crippen LogP contribution in [-0.4, -0.2) is 81.3 Å². The summed E-state index contributed by atoms with van der Waals surface area (Å²) >= 11 is 0. The van der Waals surface area contributed by atoms with Gasteiger partial charge in [-0.05, 0) is 24.5 Å². The van der Waals surface area contributed by atoms with Gasteiger partial charge in [-0.25, -0.2) is 4.79 Å². The highest BCUT2D eigenvalue weighted by molar-refractivity contribution is 5.78. The van der Waals surface area contributed by atoms with Crippen LogP contribution in [0.5, 0.6) is 0 Å². The highest BCUT2D eigenvalue weighted by Crippen LogP contribution is 2.10. The summed E-state index contributed by atoms with van der Waals surface area (Å²) in [5.74, 6) is 0.375. The third kappa shape index (κ3) is 7.76. The second kappa shape index (κ2) is 11.5. The zero-order chi connectivity index (χ0) is 20.4. The molecule has 0 bridgehead atoms. The molecule has 28 heavy (non-hydrogen) atoms. The SMILES string of the molecule is CC(C)COC(=O)N1CCN(CC(=O)NCCCN(C)c2ccccc2)CC1. The van der Waals surface area contributed by atoms with Crippen LogP contribution >= 0.6 is 0 Å². The van der Waals surface area contributed by atoms with Gasteiger partial charge in [0.05, 0.1) is 13.2 Å². The second-order valence-electron chi connectivity index (χ2n) is 7.69. The van der Waals surface area contributed by atoms with Gasteiger partial charge in [0.15, 0.2) is 0 Å². The molecular formula is C21H34N4O3. The van der Waals surface area contributed by atoms with E-state index in [1.807, 2.05) is 32.0 Å². The molecule has 1 aromatic rings. The lowest BCUT2D eigenvalue weighted by Crippen LogP contribution is -2.51. The topological polar surface area (TPSA) is 65.1 Å². The van der Waals surface area contributed by atoms with Crippen molar-refractivity contribution in [2.45, 2.75) is 20.3 Å². The van der Waals surface area contributed by atoms with Crippen molar-refractivity contribution >= 4 is 17.7 Å². The zero-order valence-corrected chi connectivity index (χ0v) is 17.4. The van der Waals surface area contributed by atoms with Crippen LogP contribution in [0.3, 0.4) is 0 Å². The standard InChI is InChI=1S/C21H34N4O3/c1-18(2)17-28-21(27)25-14-12-24(13-15-25)16-20(26)22-10-7-11-23(3)19-8-5-4-6-9-19/h4-6,8-9,18H,7,10-17H2,1-3H3,(H,22,26). The zero-order valence-electron chi connectivity index (χ0n) is 17.4. The predicted octanol–water partition coefficient (Wildman–Crippen LogP) is 2.04. The molecule has 0 aliphatic carbocycles. The molecule has 7 nitrogen and oxygen atoms in total. The lowest BCUT2D eigenvalue weighted by Gasteiger charge is -2.33. The molecule has 0 spiro atoms. The number of anilines is 1. The quantitative estimate of drug-likeness (QED) is 0.654. The van der Waals surface area contributed by atoms with E-state index in [-0.39, 0.29) is 12.0 Å². The molecule has 2 rings (SSSR count). The Morgan fingerprint density at radius 2 is 1.82 bits per heavy atom. The van der Waals surface area contributed by atoms with Gasteiger partial charge in [0, 0.05) is 52.0 Å². The monoisotopic (exact) mass is 390 g/mol. The summed E-state index contributed by atoms with van der Waals surface area (Å²) < 4.78 is 5.26. The number of amides is 2. The summed E-state index contributed by atoms with van der Waals surface area (Å²) in [4.78, 5) is 30.1. The Hall–Kier alpha value is -2.28. The predicted molar refractivity (Wildman–Crippen MR) is 112 cm³/mol. The van der Waals surface area contributed by atoms with E-state index in [1.54, 1.807) is 4.90 Å². The fourth-order valence-electron chi connectivity index (χ4n) is 3.03. The highest BCUT2D eigenvalue weighted by atomic mass is 16.6. The maximum atomic E-state index is 12.1. The number of hydrogen-bond donors (Lipinski definition) is 1. The number of carbonyl (C=O) groups excluding carboxylic acids is 2. The van der Waals surface area contributed by atoms with E-state index in [9.17, 15) is 9.59 Å². The maximum Gasteiger partial charge on any atom is 0.409 e. The van der Waals surface area contributed by atoms with E-state index in [0.29, 0.717) is 51.8 Å². The van der Waals surface area contributed by atoms with Crippen LogP contribution in [0.4, 0.5) is 10.5 Å². The van der Waals surface area contributed by atoms with Gasteiger partial charge in [-0.1, -0.05) is 32.0 Å². The normalized spacial score (nSPS) is 14.8. The lowest BCUT2D eigenvalue weighted by atomic mass is 10.2. The first-order chi connectivity index (χ1) is 13.5.